The molecule has 1 heterocycles. The molecule has 0 saturated carbocycles. The van der Waals surface area contributed by atoms with Gasteiger partial charge in [-0.15, -0.1) is 0 Å². The van der Waals surface area contributed by atoms with Crippen LogP contribution in [0.4, 0.5) is 4.39 Å². The summed E-state index contributed by atoms with van der Waals surface area (Å²) >= 11 is 0. The Morgan fingerprint density at radius 3 is 3.09 bits per heavy atom. The molecule has 1 aromatic rings. The van der Waals surface area contributed by atoms with Crippen LogP contribution in [0.3, 0.4) is 0 Å². The van der Waals surface area contributed by atoms with Crippen LogP contribution in [0.25, 0.3) is 0 Å². The van der Waals surface area contributed by atoms with E-state index in [-0.39, 0.29) is 6.67 Å². The number of nitrogens with zero attached hydrogens (tertiary/aromatic N) is 3. The Morgan fingerprint density at radius 2 is 2.55 bits per heavy atom. The molecule has 1 aromatic heterocycles. The molecule has 0 bridgehead atoms. The molecule has 0 aromatic carbocycles. The van der Waals surface area contributed by atoms with E-state index in [9.17, 15) is 4.39 Å². The predicted molar refractivity (Wildman–Crippen MR) is 37.5 cm³/mol. The van der Waals surface area contributed by atoms with Gasteiger partial charge in [-0.25, -0.2) is 0 Å². The molecule has 0 atom stereocenters. The van der Waals surface area contributed by atoms with Gasteiger partial charge in [-0.05, 0) is 6.42 Å². The molecule has 58 valence electrons. The van der Waals surface area contributed by atoms with Gasteiger partial charge in [-0.2, -0.15) is 10.4 Å². The average Bonchev–Trinajstić information content (AvgIpc) is 2.48. The van der Waals surface area contributed by atoms with Crippen molar-refractivity contribution in [3.05, 3.63) is 18.0 Å². The smallest absolute Gasteiger partial charge is 0.102 e. The number of aromatic nitrogens is 2. The summed E-state index contributed by atoms with van der Waals surface area (Å²) in [5, 5.41) is 12.3. The predicted octanol–water partition coefficient (Wildman–Crippen LogP) is 1.11. The second-order valence-electron chi connectivity index (χ2n) is 2.15. The van der Waals surface area contributed by atoms with E-state index in [1.165, 1.54) is 6.20 Å². The lowest BCUT2D eigenvalue weighted by Gasteiger charge is -1.94. The van der Waals surface area contributed by atoms with Crippen molar-refractivity contribution >= 4 is 0 Å². The van der Waals surface area contributed by atoms with E-state index in [0.717, 1.165) is 0 Å². The van der Waals surface area contributed by atoms with Crippen LogP contribution in [-0.2, 0) is 6.54 Å². The lowest BCUT2D eigenvalue weighted by Crippen LogP contribution is -1.98. The molecule has 4 heteroatoms. The number of alkyl halides is 1. The van der Waals surface area contributed by atoms with Gasteiger partial charge in [0.2, 0.25) is 0 Å². The van der Waals surface area contributed by atoms with Crippen LogP contribution in [0.15, 0.2) is 12.4 Å². The maximum atomic E-state index is 11.7. The highest BCUT2D eigenvalue weighted by atomic mass is 19.1. The maximum Gasteiger partial charge on any atom is 0.102 e. The number of rotatable bonds is 3. The van der Waals surface area contributed by atoms with Crippen LogP contribution >= 0.6 is 0 Å². The van der Waals surface area contributed by atoms with Gasteiger partial charge in [-0.1, -0.05) is 0 Å². The van der Waals surface area contributed by atoms with E-state index < -0.39 is 0 Å². The fourth-order valence-electron chi connectivity index (χ4n) is 0.765. The molecule has 0 aliphatic rings. The summed E-state index contributed by atoms with van der Waals surface area (Å²) in [4.78, 5) is 0. The van der Waals surface area contributed by atoms with Crippen LogP contribution in [0, 0.1) is 11.3 Å². The Bertz CT molecular complexity index is 261. The summed E-state index contributed by atoms with van der Waals surface area (Å²) in [7, 11) is 0. The normalized spacial score (nSPS) is 9.45. The van der Waals surface area contributed by atoms with E-state index in [4.69, 9.17) is 5.26 Å². The van der Waals surface area contributed by atoms with Gasteiger partial charge in [0.1, 0.15) is 6.07 Å². The molecule has 0 spiro atoms. The third kappa shape index (κ3) is 2.04. The van der Waals surface area contributed by atoms with Crippen molar-refractivity contribution in [1.82, 2.24) is 9.78 Å². The molecule has 0 unspecified atom stereocenters. The van der Waals surface area contributed by atoms with E-state index in [0.29, 0.717) is 18.5 Å². The van der Waals surface area contributed by atoms with E-state index in [1.54, 1.807) is 10.9 Å². The molecule has 0 fully saturated rings. The largest absolute Gasteiger partial charge is 0.271 e. The first-order valence-corrected chi connectivity index (χ1v) is 3.35. The number of hydrogen-bond acceptors (Lipinski definition) is 2. The first kappa shape index (κ1) is 7.73. The first-order chi connectivity index (χ1) is 5.36. The Kier molecular flexibility index (Phi) is 2.61. The molecule has 3 nitrogen and oxygen atoms in total. The summed E-state index contributed by atoms with van der Waals surface area (Å²) in [6, 6.07) is 1.95. The van der Waals surface area contributed by atoms with Crippen LogP contribution in [0.1, 0.15) is 12.0 Å². The second kappa shape index (κ2) is 3.71. The van der Waals surface area contributed by atoms with Crippen molar-refractivity contribution in [2.24, 2.45) is 0 Å². The summed E-state index contributed by atoms with van der Waals surface area (Å²) in [6.07, 6.45) is 3.53. The topological polar surface area (TPSA) is 41.6 Å². The third-order valence-electron chi connectivity index (χ3n) is 1.28. The number of nitriles is 1. The Labute approximate surface area is 64.1 Å². The van der Waals surface area contributed by atoms with Crippen molar-refractivity contribution in [1.29, 1.82) is 5.26 Å². The molecule has 1 rings (SSSR count). The van der Waals surface area contributed by atoms with Crippen molar-refractivity contribution in [2.45, 2.75) is 13.0 Å². The Morgan fingerprint density at radius 1 is 1.73 bits per heavy atom. The molecular weight excluding hydrogens is 145 g/mol. The van der Waals surface area contributed by atoms with Gasteiger partial charge in [0.25, 0.3) is 0 Å². The van der Waals surface area contributed by atoms with Gasteiger partial charge in [-0.3, -0.25) is 9.07 Å². The number of hydrogen-bond donors (Lipinski definition) is 0. The summed E-state index contributed by atoms with van der Waals surface area (Å²) < 4.78 is 13.2. The Balaban J connectivity index is 2.53. The molecule has 0 amide bonds. The first-order valence-electron chi connectivity index (χ1n) is 3.35. The molecular formula is C7H8FN3. The van der Waals surface area contributed by atoms with E-state index in [1.807, 2.05) is 6.07 Å². The molecule has 0 aliphatic carbocycles. The zero-order valence-electron chi connectivity index (χ0n) is 6.00. The fraction of sp³-hybridized carbons (Fsp3) is 0.429. The second-order valence-corrected chi connectivity index (χ2v) is 2.15. The summed E-state index contributed by atoms with van der Waals surface area (Å²) in [5.74, 6) is 0. The standard InChI is InChI=1S/C7H8FN3/c8-2-1-3-11-6-7(4-9)5-10-11/h5-6H,1-3H2. The molecule has 0 radical (unpaired) electrons. The quantitative estimate of drug-likeness (QED) is 0.652. The van der Waals surface area contributed by atoms with Gasteiger partial charge < -0.3 is 0 Å². The maximum absolute atomic E-state index is 11.7. The number of halogens is 1. The highest BCUT2D eigenvalue weighted by molar-refractivity contribution is 5.21. The lowest BCUT2D eigenvalue weighted by molar-refractivity contribution is 0.435. The lowest BCUT2D eigenvalue weighted by atomic mass is 10.4. The molecule has 11 heavy (non-hydrogen) atoms. The van der Waals surface area contributed by atoms with Crippen LogP contribution in [0.5, 0.6) is 0 Å². The van der Waals surface area contributed by atoms with E-state index in [2.05, 4.69) is 5.10 Å². The fourth-order valence-corrected chi connectivity index (χ4v) is 0.765. The van der Waals surface area contributed by atoms with Crippen molar-refractivity contribution in [3.8, 4) is 6.07 Å². The zero-order valence-corrected chi connectivity index (χ0v) is 6.00. The number of aryl methyl sites for hydroxylation is 1. The van der Waals surface area contributed by atoms with Crippen LogP contribution in [-0.4, -0.2) is 16.5 Å². The summed E-state index contributed by atoms with van der Waals surface area (Å²) in [5.41, 5.74) is 0.517. The molecule has 0 N–H and O–H groups in total. The third-order valence-corrected chi connectivity index (χ3v) is 1.28. The minimum Gasteiger partial charge on any atom is -0.271 e. The molecule has 0 saturated heterocycles. The minimum atomic E-state index is -0.345. The monoisotopic (exact) mass is 153 g/mol. The SMILES string of the molecule is N#Cc1cnn(CCCF)c1. The highest BCUT2D eigenvalue weighted by Gasteiger charge is 1.95. The van der Waals surface area contributed by atoms with Gasteiger partial charge in [0.05, 0.1) is 18.4 Å². The van der Waals surface area contributed by atoms with E-state index >= 15 is 0 Å². The Hall–Kier alpha value is -1.37. The van der Waals surface area contributed by atoms with Crippen molar-refractivity contribution < 1.29 is 4.39 Å². The van der Waals surface area contributed by atoms with Crippen LogP contribution < -0.4 is 0 Å². The molecule has 0 aliphatic heterocycles. The van der Waals surface area contributed by atoms with Crippen LogP contribution in [0.2, 0.25) is 0 Å². The van der Waals surface area contributed by atoms with Gasteiger partial charge in [0.15, 0.2) is 0 Å². The van der Waals surface area contributed by atoms with Crippen molar-refractivity contribution in [3.63, 3.8) is 0 Å². The van der Waals surface area contributed by atoms with Gasteiger partial charge >= 0.3 is 0 Å². The zero-order chi connectivity index (χ0) is 8.10. The summed E-state index contributed by atoms with van der Waals surface area (Å²) in [6.45, 7) is 0.194. The van der Waals surface area contributed by atoms with Gasteiger partial charge in [0, 0.05) is 12.7 Å². The minimum absolute atomic E-state index is 0.345. The highest BCUT2D eigenvalue weighted by Crippen LogP contribution is 1.95. The van der Waals surface area contributed by atoms with Crippen molar-refractivity contribution in [2.75, 3.05) is 6.67 Å². The average molecular weight is 153 g/mol.